The first kappa shape index (κ1) is 14.1. The smallest absolute Gasteiger partial charge is 0.119 e. The van der Waals surface area contributed by atoms with Crippen molar-refractivity contribution >= 4 is 11.3 Å². The molecule has 1 atom stereocenters. The zero-order valence-electron chi connectivity index (χ0n) is 11.6. The molecular weight excluding hydrogens is 254 g/mol. The van der Waals surface area contributed by atoms with E-state index in [1.54, 1.807) is 0 Å². The first-order chi connectivity index (χ1) is 9.31. The molecular formula is C16H21NOS. The van der Waals surface area contributed by atoms with Crippen LogP contribution in [0.5, 0.6) is 5.75 Å². The molecule has 102 valence electrons. The van der Waals surface area contributed by atoms with Gasteiger partial charge in [-0.2, -0.15) is 0 Å². The Morgan fingerprint density at radius 2 is 2.00 bits per heavy atom. The van der Waals surface area contributed by atoms with Crippen molar-refractivity contribution in [3.8, 4) is 5.75 Å². The minimum Gasteiger partial charge on any atom is -0.494 e. The van der Waals surface area contributed by atoms with Crippen LogP contribution in [0, 0.1) is 6.92 Å². The number of hydrogen-bond acceptors (Lipinski definition) is 3. The molecule has 1 unspecified atom stereocenters. The van der Waals surface area contributed by atoms with Crippen LogP contribution >= 0.6 is 11.3 Å². The van der Waals surface area contributed by atoms with Crippen molar-refractivity contribution in [3.63, 3.8) is 0 Å². The van der Waals surface area contributed by atoms with Gasteiger partial charge in [-0.1, -0.05) is 25.1 Å². The van der Waals surface area contributed by atoms with Gasteiger partial charge in [0.15, 0.2) is 0 Å². The van der Waals surface area contributed by atoms with Crippen LogP contribution in [0.1, 0.15) is 29.8 Å². The summed E-state index contributed by atoms with van der Waals surface area (Å²) < 4.78 is 5.79. The number of aryl methyl sites for hydroxylation is 1. The molecule has 0 saturated heterocycles. The summed E-state index contributed by atoms with van der Waals surface area (Å²) in [5.41, 5.74) is 1.37. The molecule has 0 amide bonds. The Labute approximate surface area is 119 Å². The van der Waals surface area contributed by atoms with Gasteiger partial charge in [0.2, 0.25) is 0 Å². The normalized spacial score (nSPS) is 12.3. The van der Waals surface area contributed by atoms with Crippen molar-refractivity contribution in [2.75, 3.05) is 13.2 Å². The fourth-order valence-corrected chi connectivity index (χ4v) is 3.16. The standard InChI is InChI=1S/C16H21NOS/c1-3-17-15(16-13(2)10-12-19-16)9-11-18-14-7-5-4-6-8-14/h4-8,10,12,15,17H,3,9,11H2,1-2H3. The Hall–Kier alpha value is -1.32. The molecule has 1 heterocycles. The Balaban J connectivity index is 1.89. The van der Waals surface area contributed by atoms with E-state index in [9.17, 15) is 0 Å². The Morgan fingerprint density at radius 3 is 2.63 bits per heavy atom. The molecule has 0 radical (unpaired) electrons. The van der Waals surface area contributed by atoms with Gasteiger partial charge < -0.3 is 10.1 Å². The van der Waals surface area contributed by atoms with Crippen LogP contribution in [0.15, 0.2) is 41.8 Å². The highest BCUT2D eigenvalue weighted by Crippen LogP contribution is 2.26. The number of ether oxygens (including phenoxy) is 1. The highest BCUT2D eigenvalue weighted by molar-refractivity contribution is 7.10. The second-order valence-electron chi connectivity index (χ2n) is 4.53. The molecule has 0 saturated carbocycles. The number of rotatable bonds is 7. The van der Waals surface area contributed by atoms with Crippen LogP contribution in [0.2, 0.25) is 0 Å². The summed E-state index contributed by atoms with van der Waals surface area (Å²) in [6, 6.07) is 12.6. The summed E-state index contributed by atoms with van der Waals surface area (Å²) in [6.45, 7) is 6.04. The van der Waals surface area contributed by atoms with Gasteiger partial charge in [-0.25, -0.2) is 0 Å². The van der Waals surface area contributed by atoms with Gasteiger partial charge in [-0.05, 0) is 42.6 Å². The second-order valence-corrected chi connectivity index (χ2v) is 5.48. The van der Waals surface area contributed by atoms with Crippen molar-refractivity contribution in [1.82, 2.24) is 5.32 Å². The molecule has 1 N–H and O–H groups in total. The molecule has 0 aliphatic heterocycles. The summed E-state index contributed by atoms with van der Waals surface area (Å²) in [4.78, 5) is 1.43. The molecule has 1 aromatic carbocycles. The summed E-state index contributed by atoms with van der Waals surface area (Å²) in [5, 5.41) is 5.70. The lowest BCUT2D eigenvalue weighted by Crippen LogP contribution is -2.22. The highest BCUT2D eigenvalue weighted by atomic mass is 32.1. The highest BCUT2D eigenvalue weighted by Gasteiger charge is 2.14. The lowest BCUT2D eigenvalue weighted by molar-refractivity contribution is 0.288. The Morgan fingerprint density at radius 1 is 1.21 bits per heavy atom. The average molecular weight is 275 g/mol. The number of thiophene rings is 1. The molecule has 1 aromatic heterocycles. The maximum atomic E-state index is 5.79. The minimum atomic E-state index is 0.397. The third-order valence-corrected chi connectivity index (χ3v) is 4.22. The number of benzene rings is 1. The third kappa shape index (κ3) is 4.08. The molecule has 0 aliphatic rings. The summed E-state index contributed by atoms with van der Waals surface area (Å²) in [7, 11) is 0. The first-order valence-electron chi connectivity index (χ1n) is 6.76. The predicted octanol–water partition coefficient (Wildman–Crippen LogP) is 4.18. The lowest BCUT2D eigenvalue weighted by atomic mass is 10.1. The van der Waals surface area contributed by atoms with Crippen LogP contribution in [0.4, 0.5) is 0 Å². The number of para-hydroxylation sites is 1. The molecule has 2 aromatic rings. The van der Waals surface area contributed by atoms with Gasteiger partial charge in [-0.3, -0.25) is 0 Å². The Bertz CT molecular complexity index is 481. The zero-order chi connectivity index (χ0) is 13.5. The van der Waals surface area contributed by atoms with Crippen molar-refractivity contribution in [3.05, 3.63) is 52.2 Å². The van der Waals surface area contributed by atoms with Gasteiger partial charge >= 0.3 is 0 Å². The van der Waals surface area contributed by atoms with Crippen LogP contribution < -0.4 is 10.1 Å². The van der Waals surface area contributed by atoms with Crippen molar-refractivity contribution in [1.29, 1.82) is 0 Å². The van der Waals surface area contributed by atoms with E-state index in [2.05, 4.69) is 30.6 Å². The van der Waals surface area contributed by atoms with E-state index >= 15 is 0 Å². The molecule has 19 heavy (non-hydrogen) atoms. The van der Waals surface area contributed by atoms with Gasteiger partial charge in [0.1, 0.15) is 5.75 Å². The van der Waals surface area contributed by atoms with Crippen LogP contribution in [-0.2, 0) is 0 Å². The molecule has 0 spiro atoms. The SMILES string of the molecule is CCNC(CCOc1ccccc1)c1sccc1C. The molecule has 0 bridgehead atoms. The molecule has 2 nitrogen and oxygen atoms in total. The van der Waals surface area contributed by atoms with Gasteiger partial charge in [0.25, 0.3) is 0 Å². The number of hydrogen-bond donors (Lipinski definition) is 1. The maximum absolute atomic E-state index is 5.79. The van der Waals surface area contributed by atoms with E-state index in [4.69, 9.17) is 4.74 Å². The van der Waals surface area contributed by atoms with Gasteiger partial charge in [0, 0.05) is 17.3 Å². The van der Waals surface area contributed by atoms with Crippen molar-refractivity contribution < 1.29 is 4.74 Å². The van der Waals surface area contributed by atoms with Crippen LogP contribution in [0.25, 0.3) is 0 Å². The Kier molecular flexibility index (Phi) is 5.43. The molecule has 0 fully saturated rings. The molecule has 2 rings (SSSR count). The zero-order valence-corrected chi connectivity index (χ0v) is 12.4. The second kappa shape index (κ2) is 7.31. The van der Waals surface area contributed by atoms with E-state index in [1.807, 2.05) is 41.7 Å². The summed E-state index contributed by atoms with van der Waals surface area (Å²) in [5.74, 6) is 0.945. The largest absolute Gasteiger partial charge is 0.494 e. The van der Waals surface area contributed by atoms with E-state index < -0.39 is 0 Å². The van der Waals surface area contributed by atoms with Crippen LogP contribution in [-0.4, -0.2) is 13.2 Å². The van der Waals surface area contributed by atoms with E-state index in [0.29, 0.717) is 6.04 Å². The van der Waals surface area contributed by atoms with Crippen molar-refractivity contribution in [2.45, 2.75) is 26.3 Å². The van der Waals surface area contributed by atoms with E-state index in [1.165, 1.54) is 10.4 Å². The monoisotopic (exact) mass is 275 g/mol. The predicted molar refractivity (Wildman–Crippen MR) is 82.0 cm³/mol. The number of nitrogens with one attached hydrogen (secondary N) is 1. The van der Waals surface area contributed by atoms with Gasteiger partial charge in [0.05, 0.1) is 6.61 Å². The van der Waals surface area contributed by atoms with E-state index in [-0.39, 0.29) is 0 Å². The first-order valence-corrected chi connectivity index (χ1v) is 7.64. The summed E-state index contributed by atoms with van der Waals surface area (Å²) >= 11 is 1.83. The van der Waals surface area contributed by atoms with Crippen LogP contribution in [0.3, 0.4) is 0 Å². The maximum Gasteiger partial charge on any atom is 0.119 e. The minimum absolute atomic E-state index is 0.397. The fourth-order valence-electron chi connectivity index (χ4n) is 2.13. The van der Waals surface area contributed by atoms with E-state index in [0.717, 1.165) is 25.3 Å². The summed E-state index contributed by atoms with van der Waals surface area (Å²) in [6.07, 6.45) is 0.990. The molecule has 0 aliphatic carbocycles. The lowest BCUT2D eigenvalue weighted by Gasteiger charge is -2.18. The van der Waals surface area contributed by atoms with Crippen molar-refractivity contribution in [2.24, 2.45) is 0 Å². The van der Waals surface area contributed by atoms with Gasteiger partial charge in [-0.15, -0.1) is 11.3 Å². The fraction of sp³-hybridized carbons (Fsp3) is 0.375. The quantitative estimate of drug-likeness (QED) is 0.818. The third-order valence-electron chi connectivity index (χ3n) is 3.09. The molecule has 3 heteroatoms. The average Bonchev–Trinajstić information content (AvgIpc) is 2.85. The topological polar surface area (TPSA) is 21.3 Å².